The van der Waals surface area contributed by atoms with E-state index in [0.29, 0.717) is 6.61 Å². The molecule has 0 radical (unpaired) electrons. The van der Waals surface area contributed by atoms with Gasteiger partial charge in [0.1, 0.15) is 0 Å². The maximum absolute atomic E-state index is 12.7. The summed E-state index contributed by atoms with van der Waals surface area (Å²) in [5.41, 5.74) is 0. The van der Waals surface area contributed by atoms with E-state index in [-0.39, 0.29) is 0 Å². The molecule has 0 N–H and O–H groups in total. The van der Waals surface area contributed by atoms with Crippen molar-refractivity contribution in [2.24, 2.45) is 0 Å². The van der Waals surface area contributed by atoms with Crippen molar-refractivity contribution >= 4 is 31.0 Å². The minimum absolute atomic E-state index is 0.399. The molecule has 0 rings (SSSR count). The molecular weight excluding hydrogens is 351 g/mol. The summed E-state index contributed by atoms with van der Waals surface area (Å²) in [6, 6.07) is 0. The summed E-state index contributed by atoms with van der Waals surface area (Å²) in [6.45, 7) is 8.96. The molecule has 0 aliphatic carbocycles. The second-order valence-electron chi connectivity index (χ2n) is 5.81. The monoisotopic (exact) mass is 388 g/mol. The maximum Gasteiger partial charge on any atom is 0.495 e. The number of unbranched alkanes of at least 4 members (excludes halogenated alkanes) is 6. The molecule has 1 atom stereocenters. The molecular formula is C16H37O4PS2. The van der Waals surface area contributed by atoms with Crippen molar-refractivity contribution in [3.8, 4) is 0 Å². The lowest BCUT2D eigenvalue weighted by atomic mass is 10.2. The lowest BCUT2D eigenvalue weighted by Gasteiger charge is -2.38. The highest BCUT2D eigenvalue weighted by Gasteiger charge is 2.35. The van der Waals surface area contributed by atoms with E-state index < -0.39 is 18.1 Å². The van der Waals surface area contributed by atoms with E-state index in [1.165, 1.54) is 19.3 Å². The second-order valence-corrected chi connectivity index (χ2v) is 11.7. The topological polar surface area (TPSA) is 44.8 Å². The number of thiol groups is 1. The highest BCUT2D eigenvalue weighted by molar-refractivity contribution is 8.31. The lowest BCUT2D eigenvalue weighted by Crippen LogP contribution is -2.14. The summed E-state index contributed by atoms with van der Waals surface area (Å²) in [5, 5.41) is 0. The van der Waals surface area contributed by atoms with Crippen LogP contribution in [0.5, 0.6) is 0 Å². The maximum atomic E-state index is 12.7. The van der Waals surface area contributed by atoms with E-state index in [0.717, 1.165) is 49.4 Å². The van der Waals surface area contributed by atoms with Crippen molar-refractivity contribution in [1.29, 1.82) is 0 Å². The largest absolute Gasteiger partial charge is 0.495 e. The first kappa shape index (κ1) is 23.8. The molecule has 4 nitrogen and oxygen atoms in total. The summed E-state index contributed by atoms with van der Waals surface area (Å²) < 4.78 is 29.0. The number of rotatable bonds is 16. The Morgan fingerprint density at radius 1 is 0.870 bits per heavy atom. The summed E-state index contributed by atoms with van der Waals surface area (Å²) in [7, 11) is -4.99. The fraction of sp³-hybridized carbons (Fsp3) is 1.00. The fourth-order valence-electron chi connectivity index (χ4n) is 2.38. The zero-order valence-electron chi connectivity index (χ0n) is 15.4. The number of hydrogen-bond donors (Lipinski definition) is 1. The van der Waals surface area contributed by atoms with Gasteiger partial charge in [-0.1, -0.05) is 66.2 Å². The fourth-order valence-corrected chi connectivity index (χ4v) is 7.86. The van der Waals surface area contributed by atoms with Gasteiger partial charge in [0.25, 0.3) is 0 Å². The quantitative estimate of drug-likeness (QED) is 0.135. The SMILES string of the molecule is CCCCCCOP(=O)(OS)OS(CC)(CC)CCCCCC. The molecule has 142 valence electrons. The Morgan fingerprint density at radius 2 is 1.43 bits per heavy atom. The summed E-state index contributed by atoms with van der Waals surface area (Å²) in [4.78, 5) is 0. The van der Waals surface area contributed by atoms with Gasteiger partial charge in [-0.3, -0.25) is 4.52 Å². The highest BCUT2D eigenvalue weighted by Crippen LogP contribution is 2.65. The highest BCUT2D eigenvalue weighted by atomic mass is 32.3. The normalized spacial score (nSPS) is 15.5. The number of hydrogen-bond acceptors (Lipinski definition) is 5. The van der Waals surface area contributed by atoms with Crippen LogP contribution < -0.4 is 0 Å². The Bertz CT molecular complexity index is 325. The molecule has 0 fully saturated rings. The Hall–Kier alpha value is 0.810. The van der Waals surface area contributed by atoms with Crippen molar-refractivity contribution in [3.05, 3.63) is 0 Å². The van der Waals surface area contributed by atoms with E-state index >= 15 is 0 Å². The Balaban J connectivity index is 4.54. The van der Waals surface area contributed by atoms with Crippen LogP contribution in [0, 0.1) is 0 Å². The Kier molecular flexibility index (Phi) is 14.5. The third kappa shape index (κ3) is 10.4. The van der Waals surface area contributed by atoms with Gasteiger partial charge >= 0.3 is 7.82 Å². The first-order valence-electron chi connectivity index (χ1n) is 9.06. The molecule has 0 saturated heterocycles. The van der Waals surface area contributed by atoms with Gasteiger partial charge < -0.3 is 0 Å². The van der Waals surface area contributed by atoms with Crippen molar-refractivity contribution in [1.82, 2.24) is 0 Å². The van der Waals surface area contributed by atoms with Crippen molar-refractivity contribution in [2.75, 3.05) is 23.9 Å². The average molecular weight is 389 g/mol. The first-order valence-corrected chi connectivity index (χ1v) is 13.0. The van der Waals surface area contributed by atoms with Gasteiger partial charge in [-0.15, -0.1) is 10.3 Å². The van der Waals surface area contributed by atoms with Gasteiger partial charge in [0.15, 0.2) is 0 Å². The Labute approximate surface area is 151 Å². The van der Waals surface area contributed by atoms with Gasteiger partial charge in [-0.05, 0) is 43.0 Å². The van der Waals surface area contributed by atoms with Crippen LogP contribution in [0.15, 0.2) is 0 Å². The van der Waals surface area contributed by atoms with E-state index in [1.54, 1.807) is 0 Å². The molecule has 1 unspecified atom stereocenters. The average Bonchev–Trinajstić information content (AvgIpc) is 2.57. The van der Waals surface area contributed by atoms with Crippen LogP contribution in [0.3, 0.4) is 0 Å². The predicted octanol–water partition coefficient (Wildman–Crippen LogP) is 6.91. The molecule has 0 amide bonds. The molecule has 7 heteroatoms. The molecule has 0 aromatic rings. The summed E-state index contributed by atoms with van der Waals surface area (Å²) in [6.07, 6.45) is 9.00. The summed E-state index contributed by atoms with van der Waals surface area (Å²) in [5.74, 6) is 2.70. The van der Waals surface area contributed by atoms with E-state index in [4.69, 9.17) is 12.5 Å². The van der Waals surface area contributed by atoms with Gasteiger partial charge in [0, 0.05) is 0 Å². The molecule has 23 heavy (non-hydrogen) atoms. The molecule has 0 spiro atoms. The molecule has 0 bridgehead atoms. The minimum Gasteiger partial charge on any atom is -0.286 e. The molecule has 0 heterocycles. The van der Waals surface area contributed by atoms with E-state index in [2.05, 4.69) is 40.6 Å². The van der Waals surface area contributed by atoms with Crippen LogP contribution in [0.2, 0.25) is 0 Å². The molecule has 0 aromatic carbocycles. The van der Waals surface area contributed by atoms with Crippen LogP contribution in [-0.2, 0) is 17.0 Å². The van der Waals surface area contributed by atoms with Crippen LogP contribution in [0.1, 0.15) is 79.1 Å². The predicted molar refractivity (Wildman–Crippen MR) is 107 cm³/mol. The first-order chi connectivity index (χ1) is 11.0. The van der Waals surface area contributed by atoms with Crippen LogP contribution in [0.25, 0.3) is 0 Å². The van der Waals surface area contributed by atoms with Gasteiger partial charge in [-0.2, -0.15) is 0 Å². The van der Waals surface area contributed by atoms with Gasteiger partial charge in [0.2, 0.25) is 0 Å². The molecule has 0 aliphatic heterocycles. The van der Waals surface area contributed by atoms with Crippen molar-refractivity contribution in [2.45, 2.75) is 79.1 Å². The summed E-state index contributed by atoms with van der Waals surface area (Å²) >= 11 is 3.76. The number of phosphoric acid groups is 1. The third-order valence-electron chi connectivity index (χ3n) is 4.02. The van der Waals surface area contributed by atoms with Gasteiger partial charge in [-0.25, -0.2) is 12.5 Å². The van der Waals surface area contributed by atoms with Crippen LogP contribution >= 0.6 is 31.0 Å². The standard InChI is InChI=1S/C16H37O4PS2/c1-5-9-11-13-15-18-21(17,19-22)20-23(7-3,8-4)16-14-12-10-6-2/h22H,5-16H2,1-4H3. The smallest absolute Gasteiger partial charge is 0.286 e. The van der Waals surface area contributed by atoms with Crippen molar-refractivity contribution in [3.63, 3.8) is 0 Å². The second kappa shape index (κ2) is 14.0. The van der Waals surface area contributed by atoms with Crippen LogP contribution in [0.4, 0.5) is 0 Å². The Morgan fingerprint density at radius 3 is 1.91 bits per heavy atom. The lowest BCUT2D eigenvalue weighted by molar-refractivity contribution is 0.220. The zero-order chi connectivity index (χ0) is 17.6. The zero-order valence-corrected chi connectivity index (χ0v) is 18.0. The van der Waals surface area contributed by atoms with E-state index in [9.17, 15) is 4.57 Å². The van der Waals surface area contributed by atoms with Crippen molar-refractivity contribution < 1.29 is 17.0 Å². The van der Waals surface area contributed by atoms with Gasteiger partial charge in [0.05, 0.1) is 6.61 Å². The third-order valence-corrected chi connectivity index (χ3v) is 10.4. The molecule has 0 aromatic heterocycles. The molecule has 0 aliphatic rings. The van der Waals surface area contributed by atoms with Crippen LogP contribution in [-0.4, -0.2) is 23.9 Å². The molecule has 0 saturated carbocycles. The minimum atomic E-state index is -3.56. The van der Waals surface area contributed by atoms with E-state index in [1.807, 2.05) is 0 Å².